The van der Waals surface area contributed by atoms with Crippen LogP contribution in [0.25, 0.3) is 0 Å². The normalized spacial score (nSPS) is 22.4. The van der Waals surface area contributed by atoms with Crippen molar-refractivity contribution in [1.82, 2.24) is 10.2 Å². The number of hydrogen-bond donors (Lipinski definition) is 1. The van der Waals surface area contributed by atoms with Gasteiger partial charge < -0.3 is 15.0 Å². The van der Waals surface area contributed by atoms with Crippen molar-refractivity contribution in [3.8, 4) is 0 Å². The van der Waals surface area contributed by atoms with Gasteiger partial charge in [0.15, 0.2) is 5.78 Å². The molecule has 1 aliphatic heterocycles. The van der Waals surface area contributed by atoms with Crippen molar-refractivity contribution < 1.29 is 14.3 Å². The van der Waals surface area contributed by atoms with Crippen LogP contribution in [0.2, 0.25) is 0 Å². The third-order valence-electron chi connectivity index (χ3n) is 2.69. The topological polar surface area (TPSA) is 58.6 Å². The van der Waals surface area contributed by atoms with Crippen LogP contribution in [0, 0.1) is 5.92 Å². The summed E-state index contributed by atoms with van der Waals surface area (Å²) in [7, 11) is 3.94. The van der Waals surface area contributed by atoms with Gasteiger partial charge in [0, 0.05) is 25.2 Å². The number of ketones is 1. The van der Waals surface area contributed by atoms with E-state index in [9.17, 15) is 9.59 Å². The first kappa shape index (κ1) is 13.9. The fourth-order valence-electron chi connectivity index (χ4n) is 1.74. The Balaban J connectivity index is 2.54. The van der Waals surface area contributed by atoms with Crippen molar-refractivity contribution in [3.05, 3.63) is 11.8 Å². The summed E-state index contributed by atoms with van der Waals surface area (Å²) in [5.74, 6) is -0.985. The highest BCUT2D eigenvalue weighted by Crippen LogP contribution is 2.17. The first-order valence-corrected chi connectivity index (χ1v) is 5.73. The van der Waals surface area contributed by atoms with Gasteiger partial charge in [-0.15, -0.1) is 0 Å². The van der Waals surface area contributed by atoms with Crippen molar-refractivity contribution in [3.63, 3.8) is 0 Å². The monoisotopic (exact) mass is 240 g/mol. The highest BCUT2D eigenvalue weighted by Gasteiger charge is 2.35. The lowest BCUT2D eigenvalue weighted by Crippen LogP contribution is -2.45. The van der Waals surface area contributed by atoms with E-state index < -0.39 is 11.9 Å². The smallest absolute Gasteiger partial charge is 0.323 e. The molecule has 1 N–H and O–H groups in total. The van der Waals surface area contributed by atoms with E-state index in [4.69, 9.17) is 4.74 Å². The van der Waals surface area contributed by atoms with Crippen LogP contribution >= 0.6 is 0 Å². The average Bonchev–Trinajstić information content (AvgIpc) is 2.14. The van der Waals surface area contributed by atoms with Gasteiger partial charge in [-0.3, -0.25) is 9.59 Å². The molecule has 0 aliphatic carbocycles. The molecule has 0 bridgehead atoms. The van der Waals surface area contributed by atoms with E-state index in [0.29, 0.717) is 5.76 Å². The third kappa shape index (κ3) is 3.94. The molecular formula is C12H20N2O3. The first-order valence-electron chi connectivity index (χ1n) is 5.73. The zero-order chi connectivity index (χ0) is 13.0. The SMILES string of the molecule is CC1=CC(=O)C(C(C)NCCN(C)C)C(=O)O1. The molecular weight excluding hydrogens is 220 g/mol. The number of rotatable bonds is 5. The molecule has 0 amide bonds. The van der Waals surface area contributed by atoms with Crippen LogP contribution in [0.15, 0.2) is 11.8 Å². The Morgan fingerprint density at radius 1 is 1.47 bits per heavy atom. The molecule has 5 heteroatoms. The fourth-order valence-corrected chi connectivity index (χ4v) is 1.74. The van der Waals surface area contributed by atoms with E-state index in [1.807, 2.05) is 25.9 Å². The van der Waals surface area contributed by atoms with Crippen LogP contribution < -0.4 is 5.32 Å². The summed E-state index contributed by atoms with van der Waals surface area (Å²) < 4.78 is 4.97. The lowest BCUT2D eigenvalue weighted by atomic mass is 9.94. The second-order valence-electron chi connectivity index (χ2n) is 4.60. The molecule has 96 valence electrons. The minimum absolute atomic E-state index is 0.177. The zero-order valence-electron chi connectivity index (χ0n) is 10.8. The second kappa shape index (κ2) is 5.93. The largest absolute Gasteiger partial charge is 0.431 e. The quantitative estimate of drug-likeness (QED) is 0.548. The van der Waals surface area contributed by atoms with Crippen LogP contribution in [0.4, 0.5) is 0 Å². The maximum Gasteiger partial charge on any atom is 0.323 e. The van der Waals surface area contributed by atoms with Gasteiger partial charge in [0.25, 0.3) is 0 Å². The molecule has 0 radical (unpaired) electrons. The van der Waals surface area contributed by atoms with E-state index in [-0.39, 0.29) is 11.8 Å². The van der Waals surface area contributed by atoms with Gasteiger partial charge in [0.2, 0.25) is 0 Å². The molecule has 17 heavy (non-hydrogen) atoms. The highest BCUT2D eigenvalue weighted by atomic mass is 16.5. The van der Waals surface area contributed by atoms with Crippen molar-refractivity contribution >= 4 is 11.8 Å². The number of carbonyl (C=O) groups is 2. The summed E-state index contributed by atoms with van der Waals surface area (Å²) >= 11 is 0. The lowest BCUT2D eigenvalue weighted by Gasteiger charge is -2.25. The molecule has 0 aromatic rings. The number of hydrogen-bond acceptors (Lipinski definition) is 5. The predicted octanol–water partition coefficient (Wildman–Crippen LogP) is 0.172. The predicted molar refractivity (Wildman–Crippen MR) is 64.4 cm³/mol. The van der Waals surface area contributed by atoms with E-state index in [0.717, 1.165) is 13.1 Å². The Hall–Kier alpha value is -1.20. The number of nitrogens with zero attached hydrogens (tertiary/aromatic N) is 1. The number of cyclic esters (lactones) is 1. The molecule has 0 aromatic carbocycles. The third-order valence-corrected chi connectivity index (χ3v) is 2.69. The van der Waals surface area contributed by atoms with Gasteiger partial charge in [-0.25, -0.2) is 0 Å². The second-order valence-corrected chi connectivity index (χ2v) is 4.60. The summed E-state index contributed by atoms with van der Waals surface area (Å²) in [5, 5.41) is 3.17. The number of allylic oxidation sites excluding steroid dienone is 2. The van der Waals surface area contributed by atoms with Gasteiger partial charge in [-0.05, 0) is 27.9 Å². The first-order chi connectivity index (χ1) is 7.91. The summed E-state index contributed by atoms with van der Waals surface area (Å²) in [5.41, 5.74) is 0. The molecule has 2 atom stereocenters. The Labute approximate surface area is 102 Å². The molecule has 1 rings (SSSR count). The minimum Gasteiger partial charge on any atom is -0.431 e. The molecule has 5 nitrogen and oxygen atoms in total. The summed E-state index contributed by atoms with van der Waals surface area (Å²) in [6, 6.07) is -0.209. The fraction of sp³-hybridized carbons (Fsp3) is 0.667. The van der Waals surface area contributed by atoms with E-state index >= 15 is 0 Å². The van der Waals surface area contributed by atoms with Crippen molar-refractivity contribution in [2.75, 3.05) is 27.2 Å². The number of carbonyl (C=O) groups excluding carboxylic acids is 2. The molecule has 0 fully saturated rings. The highest BCUT2D eigenvalue weighted by molar-refractivity contribution is 6.08. The van der Waals surface area contributed by atoms with Crippen molar-refractivity contribution in [2.24, 2.45) is 5.92 Å². The average molecular weight is 240 g/mol. The number of ether oxygens (including phenoxy) is 1. The minimum atomic E-state index is -0.721. The number of esters is 1. The summed E-state index contributed by atoms with van der Waals surface area (Å²) in [4.78, 5) is 25.4. The molecule has 0 spiro atoms. The maximum absolute atomic E-state index is 11.7. The Bertz CT molecular complexity index is 337. The van der Waals surface area contributed by atoms with Gasteiger partial charge in [-0.1, -0.05) is 0 Å². The van der Waals surface area contributed by atoms with Gasteiger partial charge in [0.1, 0.15) is 11.7 Å². The Morgan fingerprint density at radius 3 is 2.65 bits per heavy atom. The van der Waals surface area contributed by atoms with Crippen molar-refractivity contribution in [2.45, 2.75) is 19.9 Å². The molecule has 1 aliphatic rings. The number of nitrogens with one attached hydrogen (secondary N) is 1. The Kier molecular flexibility index (Phi) is 4.84. The summed E-state index contributed by atoms with van der Waals surface area (Å²) in [6.45, 7) is 5.02. The lowest BCUT2D eigenvalue weighted by molar-refractivity contribution is -0.150. The molecule has 0 saturated heterocycles. The van der Waals surface area contributed by atoms with Crippen LogP contribution in [0.1, 0.15) is 13.8 Å². The van der Waals surface area contributed by atoms with E-state index in [2.05, 4.69) is 5.32 Å². The number of likely N-dealkylation sites (N-methyl/N-ethyl adjacent to an activating group) is 1. The molecule has 1 heterocycles. The maximum atomic E-state index is 11.7. The van der Waals surface area contributed by atoms with Gasteiger partial charge in [-0.2, -0.15) is 0 Å². The standard InChI is InChI=1S/C12H20N2O3/c1-8-7-10(15)11(12(16)17-8)9(2)13-5-6-14(3)4/h7,9,11,13H,5-6H2,1-4H3. The zero-order valence-corrected chi connectivity index (χ0v) is 10.8. The van der Waals surface area contributed by atoms with E-state index in [1.165, 1.54) is 6.08 Å². The van der Waals surface area contributed by atoms with E-state index in [1.54, 1.807) is 6.92 Å². The van der Waals surface area contributed by atoms with Crippen LogP contribution in [-0.2, 0) is 14.3 Å². The Morgan fingerprint density at radius 2 is 2.12 bits per heavy atom. The molecule has 2 unspecified atom stereocenters. The van der Waals surface area contributed by atoms with Crippen LogP contribution in [-0.4, -0.2) is 49.9 Å². The van der Waals surface area contributed by atoms with Crippen LogP contribution in [0.3, 0.4) is 0 Å². The van der Waals surface area contributed by atoms with Gasteiger partial charge in [0.05, 0.1) is 0 Å². The molecule has 0 saturated carbocycles. The van der Waals surface area contributed by atoms with Crippen LogP contribution in [0.5, 0.6) is 0 Å². The summed E-state index contributed by atoms with van der Waals surface area (Å²) in [6.07, 6.45) is 1.39. The molecule has 0 aromatic heterocycles. The van der Waals surface area contributed by atoms with Crippen molar-refractivity contribution in [1.29, 1.82) is 0 Å². The van der Waals surface area contributed by atoms with Gasteiger partial charge >= 0.3 is 5.97 Å².